The molecule has 1 fully saturated rings. The Morgan fingerprint density at radius 1 is 0.880 bits per heavy atom. The second-order valence-electron chi connectivity index (χ2n) is 6.01. The summed E-state index contributed by atoms with van der Waals surface area (Å²) in [5.74, 6) is 1.65. The van der Waals surface area contributed by atoms with Crippen LogP contribution in [0.3, 0.4) is 0 Å². The van der Waals surface area contributed by atoms with E-state index in [2.05, 4.69) is 26.3 Å². The number of pyridine rings is 2. The molecular formula is C19H20N6. The second-order valence-corrected chi connectivity index (χ2v) is 6.01. The van der Waals surface area contributed by atoms with Crippen molar-refractivity contribution < 1.29 is 0 Å². The molecule has 3 aromatic heterocycles. The Kier molecular flexibility index (Phi) is 4.61. The second kappa shape index (κ2) is 7.36. The molecule has 0 bridgehead atoms. The summed E-state index contributed by atoms with van der Waals surface area (Å²) >= 11 is 0. The molecule has 3 aromatic rings. The molecule has 0 spiro atoms. The maximum atomic E-state index is 4.82. The monoisotopic (exact) mass is 332 g/mol. The van der Waals surface area contributed by atoms with Crippen LogP contribution >= 0.6 is 0 Å². The highest BCUT2D eigenvalue weighted by atomic mass is 15.2. The van der Waals surface area contributed by atoms with Crippen LogP contribution in [0.2, 0.25) is 0 Å². The lowest BCUT2D eigenvalue weighted by Crippen LogP contribution is -2.28. The lowest BCUT2D eigenvalue weighted by Gasteiger charge is -2.22. The summed E-state index contributed by atoms with van der Waals surface area (Å²) in [4.78, 5) is 20.3. The molecule has 126 valence electrons. The molecule has 0 atom stereocenters. The SMILES string of the molecule is c1cncc(-c2cc(N3CCCNCC3)nc(-c3cccnc3)n2)c1. The minimum Gasteiger partial charge on any atom is -0.355 e. The molecule has 6 nitrogen and oxygen atoms in total. The van der Waals surface area contributed by atoms with Crippen molar-refractivity contribution in [3.63, 3.8) is 0 Å². The summed E-state index contributed by atoms with van der Waals surface area (Å²) in [6.07, 6.45) is 8.28. The van der Waals surface area contributed by atoms with Gasteiger partial charge in [0, 0.05) is 61.6 Å². The van der Waals surface area contributed by atoms with Crippen molar-refractivity contribution in [3.05, 3.63) is 55.1 Å². The van der Waals surface area contributed by atoms with Gasteiger partial charge in [-0.2, -0.15) is 0 Å². The van der Waals surface area contributed by atoms with Gasteiger partial charge in [-0.1, -0.05) is 0 Å². The topological polar surface area (TPSA) is 66.8 Å². The van der Waals surface area contributed by atoms with E-state index >= 15 is 0 Å². The average molecular weight is 332 g/mol. The van der Waals surface area contributed by atoms with E-state index in [-0.39, 0.29) is 0 Å². The maximum absolute atomic E-state index is 4.82. The molecule has 0 amide bonds. The van der Waals surface area contributed by atoms with Gasteiger partial charge < -0.3 is 10.2 Å². The third-order valence-corrected chi connectivity index (χ3v) is 4.25. The predicted molar refractivity (Wildman–Crippen MR) is 98.2 cm³/mol. The maximum Gasteiger partial charge on any atom is 0.163 e. The van der Waals surface area contributed by atoms with Crippen LogP contribution in [0, 0.1) is 0 Å². The highest BCUT2D eigenvalue weighted by Crippen LogP contribution is 2.25. The molecule has 1 aliphatic heterocycles. The Bertz CT molecular complexity index is 756. The summed E-state index contributed by atoms with van der Waals surface area (Å²) in [6, 6.07) is 9.91. The Labute approximate surface area is 147 Å². The standard InChI is InChI=1S/C19H20N6/c1-4-15(13-21-6-1)17-12-18(25-10-3-8-20-9-11-25)24-19(23-17)16-5-2-7-22-14-16/h1-2,4-7,12-14,20H,3,8-11H2. The normalized spacial score (nSPS) is 15.0. The van der Waals surface area contributed by atoms with Crippen LogP contribution in [-0.2, 0) is 0 Å². The van der Waals surface area contributed by atoms with Crippen molar-refractivity contribution in [2.45, 2.75) is 6.42 Å². The van der Waals surface area contributed by atoms with Crippen molar-refractivity contribution >= 4 is 5.82 Å². The number of hydrogen-bond donors (Lipinski definition) is 1. The number of nitrogens with zero attached hydrogens (tertiary/aromatic N) is 5. The van der Waals surface area contributed by atoms with E-state index in [9.17, 15) is 0 Å². The number of rotatable bonds is 3. The van der Waals surface area contributed by atoms with Crippen LogP contribution < -0.4 is 10.2 Å². The number of hydrogen-bond acceptors (Lipinski definition) is 6. The van der Waals surface area contributed by atoms with Crippen LogP contribution in [0.25, 0.3) is 22.6 Å². The van der Waals surface area contributed by atoms with Gasteiger partial charge >= 0.3 is 0 Å². The fraction of sp³-hybridized carbons (Fsp3) is 0.263. The zero-order valence-corrected chi connectivity index (χ0v) is 14.0. The van der Waals surface area contributed by atoms with E-state index in [1.54, 1.807) is 18.6 Å². The molecular weight excluding hydrogens is 312 g/mol. The van der Waals surface area contributed by atoms with Crippen LogP contribution in [0.1, 0.15) is 6.42 Å². The van der Waals surface area contributed by atoms with Crippen molar-refractivity contribution in [2.24, 2.45) is 0 Å². The van der Waals surface area contributed by atoms with Crippen LogP contribution in [0.15, 0.2) is 55.1 Å². The van der Waals surface area contributed by atoms with E-state index in [1.165, 1.54) is 0 Å². The molecule has 6 heteroatoms. The Morgan fingerprint density at radius 3 is 2.44 bits per heavy atom. The number of aromatic nitrogens is 4. The number of nitrogens with one attached hydrogen (secondary N) is 1. The minimum absolute atomic E-state index is 0.696. The van der Waals surface area contributed by atoms with Gasteiger partial charge in [0.25, 0.3) is 0 Å². The van der Waals surface area contributed by atoms with Crippen LogP contribution in [0.5, 0.6) is 0 Å². The molecule has 1 N–H and O–H groups in total. The van der Waals surface area contributed by atoms with E-state index in [1.807, 2.05) is 30.5 Å². The molecule has 4 rings (SSSR count). The molecule has 25 heavy (non-hydrogen) atoms. The van der Waals surface area contributed by atoms with E-state index in [0.717, 1.165) is 55.2 Å². The molecule has 0 radical (unpaired) electrons. The molecule has 4 heterocycles. The molecule has 0 unspecified atom stereocenters. The van der Waals surface area contributed by atoms with Gasteiger partial charge in [0.1, 0.15) is 5.82 Å². The quantitative estimate of drug-likeness (QED) is 0.794. The first-order valence-electron chi connectivity index (χ1n) is 8.56. The fourth-order valence-electron chi connectivity index (χ4n) is 2.96. The highest BCUT2D eigenvalue weighted by Gasteiger charge is 2.15. The van der Waals surface area contributed by atoms with Crippen LogP contribution in [-0.4, -0.2) is 46.1 Å². The molecule has 1 aliphatic rings. The highest BCUT2D eigenvalue weighted by molar-refractivity contribution is 5.67. The zero-order valence-electron chi connectivity index (χ0n) is 14.0. The van der Waals surface area contributed by atoms with Crippen molar-refractivity contribution in [2.75, 3.05) is 31.1 Å². The van der Waals surface area contributed by atoms with Crippen molar-refractivity contribution in [1.82, 2.24) is 25.3 Å². The van der Waals surface area contributed by atoms with Crippen LogP contribution in [0.4, 0.5) is 5.82 Å². The molecule has 0 aromatic carbocycles. The molecule has 1 saturated heterocycles. The first-order chi connectivity index (χ1) is 12.4. The van der Waals surface area contributed by atoms with Gasteiger partial charge in [-0.25, -0.2) is 9.97 Å². The van der Waals surface area contributed by atoms with Gasteiger partial charge in [0.2, 0.25) is 0 Å². The summed E-state index contributed by atoms with van der Waals surface area (Å²) < 4.78 is 0. The first kappa shape index (κ1) is 15.7. The van der Waals surface area contributed by atoms with Gasteiger partial charge in [-0.3, -0.25) is 9.97 Å². The summed E-state index contributed by atoms with van der Waals surface area (Å²) in [5, 5.41) is 3.43. The summed E-state index contributed by atoms with van der Waals surface area (Å²) in [5.41, 5.74) is 2.79. The zero-order chi connectivity index (χ0) is 16.9. The minimum atomic E-state index is 0.696. The Balaban J connectivity index is 1.80. The molecule has 0 aliphatic carbocycles. The van der Waals surface area contributed by atoms with Gasteiger partial charge in [-0.15, -0.1) is 0 Å². The average Bonchev–Trinajstić information content (AvgIpc) is 2.99. The largest absolute Gasteiger partial charge is 0.355 e. The van der Waals surface area contributed by atoms with E-state index < -0.39 is 0 Å². The van der Waals surface area contributed by atoms with Gasteiger partial charge in [-0.05, 0) is 37.2 Å². The third-order valence-electron chi connectivity index (χ3n) is 4.25. The fourth-order valence-corrected chi connectivity index (χ4v) is 2.96. The number of anilines is 1. The predicted octanol–water partition coefficient (Wildman–Crippen LogP) is 2.40. The lowest BCUT2D eigenvalue weighted by atomic mass is 10.2. The van der Waals surface area contributed by atoms with E-state index in [0.29, 0.717) is 5.82 Å². The van der Waals surface area contributed by atoms with Crippen molar-refractivity contribution in [1.29, 1.82) is 0 Å². The third kappa shape index (κ3) is 3.64. The summed E-state index contributed by atoms with van der Waals surface area (Å²) in [6.45, 7) is 3.94. The summed E-state index contributed by atoms with van der Waals surface area (Å²) in [7, 11) is 0. The van der Waals surface area contributed by atoms with Gasteiger partial charge in [0.15, 0.2) is 5.82 Å². The Morgan fingerprint density at radius 2 is 1.68 bits per heavy atom. The first-order valence-corrected chi connectivity index (χ1v) is 8.56. The van der Waals surface area contributed by atoms with Gasteiger partial charge in [0.05, 0.1) is 5.69 Å². The van der Waals surface area contributed by atoms with E-state index in [4.69, 9.17) is 9.97 Å². The molecule has 0 saturated carbocycles. The lowest BCUT2D eigenvalue weighted by molar-refractivity contribution is 0.724. The Hall–Kier alpha value is -2.86. The van der Waals surface area contributed by atoms with Crippen molar-refractivity contribution in [3.8, 4) is 22.6 Å². The smallest absolute Gasteiger partial charge is 0.163 e.